The summed E-state index contributed by atoms with van der Waals surface area (Å²) in [6, 6.07) is 2.98. The molecule has 0 spiro atoms. The Morgan fingerprint density at radius 2 is 2.35 bits per heavy atom. The van der Waals surface area contributed by atoms with E-state index in [1.807, 2.05) is 0 Å². The van der Waals surface area contributed by atoms with Crippen LogP contribution >= 0.6 is 0 Å². The number of aliphatic hydroxyl groups is 1. The minimum absolute atomic E-state index is 0.0195. The molecule has 2 atom stereocenters. The fraction of sp³-hybridized carbons (Fsp3) is 0.500. The second-order valence-corrected chi connectivity index (χ2v) is 4.32. The molecule has 1 saturated carbocycles. The number of nitrogens with one attached hydrogen (secondary N) is 1. The zero-order valence-corrected chi connectivity index (χ0v) is 9.47. The van der Waals surface area contributed by atoms with E-state index in [2.05, 4.69) is 10.3 Å². The summed E-state index contributed by atoms with van der Waals surface area (Å²) in [6.07, 6.45) is 4.26. The average Bonchev–Trinajstić information content (AvgIpc) is 2.76. The molecule has 0 radical (unpaired) electrons. The van der Waals surface area contributed by atoms with Gasteiger partial charge in [0.25, 0.3) is 5.91 Å². The molecule has 1 aromatic heterocycles. The van der Waals surface area contributed by atoms with Crippen molar-refractivity contribution in [2.45, 2.75) is 25.3 Å². The number of hydrogen-bond donors (Lipinski definition) is 3. The van der Waals surface area contributed by atoms with E-state index in [0.717, 1.165) is 19.3 Å². The van der Waals surface area contributed by atoms with Crippen molar-refractivity contribution in [1.29, 1.82) is 0 Å². The van der Waals surface area contributed by atoms with Crippen molar-refractivity contribution in [2.75, 3.05) is 6.61 Å². The monoisotopic (exact) mass is 236 g/mol. The highest BCUT2D eigenvalue weighted by atomic mass is 16.3. The van der Waals surface area contributed by atoms with Crippen LogP contribution in [0.4, 0.5) is 0 Å². The van der Waals surface area contributed by atoms with E-state index in [1.54, 1.807) is 6.07 Å². The van der Waals surface area contributed by atoms with E-state index in [-0.39, 0.29) is 35.9 Å². The first-order valence-corrected chi connectivity index (χ1v) is 5.78. The lowest BCUT2D eigenvalue weighted by molar-refractivity contribution is 0.0908. The smallest absolute Gasteiger partial charge is 0.273 e. The van der Waals surface area contributed by atoms with Crippen molar-refractivity contribution >= 4 is 5.91 Å². The molecular formula is C12H16N2O3. The largest absolute Gasteiger partial charge is 0.505 e. The predicted octanol–water partition coefficient (Wildman–Crippen LogP) is 0.678. The molecule has 2 unspecified atom stereocenters. The van der Waals surface area contributed by atoms with Crippen LogP contribution in [0.5, 0.6) is 5.75 Å². The molecule has 2 rings (SSSR count). The number of carbonyl (C=O) groups is 1. The van der Waals surface area contributed by atoms with Crippen LogP contribution in [0.25, 0.3) is 0 Å². The lowest BCUT2D eigenvalue weighted by atomic mass is 10.1. The first-order chi connectivity index (χ1) is 8.22. The Labute approximate surface area is 99.5 Å². The fourth-order valence-corrected chi connectivity index (χ4v) is 2.25. The molecule has 1 aromatic rings. The Kier molecular flexibility index (Phi) is 3.58. The molecule has 5 heteroatoms. The van der Waals surface area contributed by atoms with Gasteiger partial charge in [-0.15, -0.1) is 0 Å². The Hall–Kier alpha value is -1.62. The summed E-state index contributed by atoms with van der Waals surface area (Å²) in [6.45, 7) is 0.0825. The minimum atomic E-state index is -0.381. The number of amides is 1. The van der Waals surface area contributed by atoms with Crippen LogP contribution in [0.15, 0.2) is 18.3 Å². The SMILES string of the molecule is O=C(NC1CCCC1CO)c1ncccc1O. The average molecular weight is 236 g/mol. The molecule has 1 fully saturated rings. The highest BCUT2D eigenvalue weighted by molar-refractivity contribution is 5.94. The van der Waals surface area contributed by atoms with Crippen molar-refractivity contribution in [1.82, 2.24) is 10.3 Å². The Morgan fingerprint density at radius 1 is 1.53 bits per heavy atom. The Morgan fingerprint density at radius 3 is 3.06 bits per heavy atom. The second-order valence-electron chi connectivity index (χ2n) is 4.32. The van der Waals surface area contributed by atoms with Gasteiger partial charge < -0.3 is 15.5 Å². The van der Waals surface area contributed by atoms with Crippen LogP contribution in [0, 0.1) is 5.92 Å². The lowest BCUT2D eigenvalue weighted by Crippen LogP contribution is -2.38. The van der Waals surface area contributed by atoms with Gasteiger partial charge in [0.15, 0.2) is 5.69 Å². The number of aromatic hydroxyl groups is 1. The zero-order chi connectivity index (χ0) is 12.3. The number of hydrogen-bond acceptors (Lipinski definition) is 4. The molecule has 0 aliphatic heterocycles. The van der Waals surface area contributed by atoms with E-state index >= 15 is 0 Å². The minimum Gasteiger partial charge on any atom is -0.505 e. The summed E-state index contributed by atoms with van der Waals surface area (Å²) in [5.74, 6) is -0.387. The van der Waals surface area contributed by atoms with Crippen molar-refractivity contribution < 1.29 is 15.0 Å². The standard InChI is InChI=1S/C12H16N2O3/c15-7-8-3-1-4-9(8)14-12(17)11-10(16)5-2-6-13-11/h2,5-6,8-9,15-16H,1,3-4,7H2,(H,14,17). The first kappa shape index (κ1) is 11.9. The molecule has 0 saturated heterocycles. The number of carbonyl (C=O) groups excluding carboxylic acids is 1. The molecule has 1 aliphatic rings. The van der Waals surface area contributed by atoms with Crippen LogP contribution in [-0.4, -0.2) is 33.8 Å². The van der Waals surface area contributed by atoms with E-state index in [1.165, 1.54) is 12.3 Å². The predicted molar refractivity (Wildman–Crippen MR) is 61.6 cm³/mol. The van der Waals surface area contributed by atoms with Gasteiger partial charge in [0.2, 0.25) is 0 Å². The molecule has 0 bridgehead atoms. The highest BCUT2D eigenvalue weighted by Crippen LogP contribution is 2.25. The molecule has 1 aliphatic carbocycles. The number of rotatable bonds is 3. The summed E-state index contributed by atoms with van der Waals surface area (Å²) < 4.78 is 0. The fourth-order valence-electron chi connectivity index (χ4n) is 2.25. The quantitative estimate of drug-likeness (QED) is 0.720. The summed E-state index contributed by atoms with van der Waals surface area (Å²) in [7, 11) is 0. The van der Waals surface area contributed by atoms with E-state index in [9.17, 15) is 9.90 Å². The van der Waals surface area contributed by atoms with Gasteiger partial charge in [-0.2, -0.15) is 0 Å². The number of nitrogens with zero attached hydrogens (tertiary/aromatic N) is 1. The van der Waals surface area contributed by atoms with Gasteiger partial charge in [0.05, 0.1) is 0 Å². The van der Waals surface area contributed by atoms with Gasteiger partial charge >= 0.3 is 0 Å². The lowest BCUT2D eigenvalue weighted by Gasteiger charge is -2.18. The first-order valence-electron chi connectivity index (χ1n) is 5.78. The maximum absolute atomic E-state index is 11.9. The van der Waals surface area contributed by atoms with E-state index < -0.39 is 0 Å². The van der Waals surface area contributed by atoms with Crippen molar-refractivity contribution in [3.05, 3.63) is 24.0 Å². The third-order valence-electron chi connectivity index (χ3n) is 3.21. The van der Waals surface area contributed by atoms with Gasteiger partial charge in [0, 0.05) is 24.8 Å². The van der Waals surface area contributed by atoms with Crippen LogP contribution in [0.2, 0.25) is 0 Å². The van der Waals surface area contributed by atoms with Crippen molar-refractivity contribution in [2.24, 2.45) is 5.92 Å². The Bertz CT molecular complexity index is 408. The summed E-state index contributed by atoms with van der Waals surface area (Å²) in [5.41, 5.74) is 0.0380. The second kappa shape index (κ2) is 5.14. The van der Waals surface area contributed by atoms with Crippen molar-refractivity contribution in [3.63, 3.8) is 0 Å². The highest BCUT2D eigenvalue weighted by Gasteiger charge is 2.28. The van der Waals surface area contributed by atoms with Crippen LogP contribution < -0.4 is 5.32 Å². The molecule has 1 heterocycles. The topological polar surface area (TPSA) is 82.5 Å². The molecule has 92 valence electrons. The number of aliphatic hydroxyl groups excluding tert-OH is 1. The van der Waals surface area contributed by atoms with Crippen molar-refractivity contribution in [3.8, 4) is 5.75 Å². The third kappa shape index (κ3) is 2.55. The molecule has 17 heavy (non-hydrogen) atoms. The zero-order valence-electron chi connectivity index (χ0n) is 9.47. The summed E-state index contributed by atoms with van der Waals surface area (Å²) in [4.78, 5) is 15.7. The maximum Gasteiger partial charge on any atom is 0.273 e. The maximum atomic E-state index is 11.9. The molecule has 0 aromatic carbocycles. The van der Waals surface area contributed by atoms with Crippen LogP contribution in [0.1, 0.15) is 29.8 Å². The van der Waals surface area contributed by atoms with Crippen LogP contribution in [-0.2, 0) is 0 Å². The normalized spacial score (nSPS) is 23.6. The van der Waals surface area contributed by atoms with E-state index in [4.69, 9.17) is 5.11 Å². The molecule has 1 amide bonds. The number of pyridine rings is 1. The molecule has 3 N–H and O–H groups in total. The third-order valence-corrected chi connectivity index (χ3v) is 3.21. The Balaban J connectivity index is 2.04. The van der Waals surface area contributed by atoms with Gasteiger partial charge in [-0.3, -0.25) is 4.79 Å². The number of aromatic nitrogens is 1. The summed E-state index contributed by atoms with van der Waals surface area (Å²) >= 11 is 0. The van der Waals surface area contributed by atoms with Gasteiger partial charge in [0.1, 0.15) is 5.75 Å². The molecular weight excluding hydrogens is 220 g/mol. The van der Waals surface area contributed by atoms with E-state index in [0.29, 0.717) is 0 Å². The summed E-state index contributed by atoms with van der Waals surface area (Å²) in [5, 5.41) is 21.5. The van der Waals surface area contributed by atoms with Gasteiger partial charge in [-0.25, -0.2) is 4.98 Å². The van der Waals surface area contributed by atoms with Gasteiger partial charge in [-0.05, 0) is 25.0 Å². The van der Waals surface area contributed by atoms with Gasteiger partial charge in [-0.1, -0.05) is 6.42 Å². The molecule has 5 nitrogen and oxygen atoms in total. The van der Waals surface area contributed by atoms with Crippen LogP contribution in [0.3, 0.4) is 0 Å².